The van der Waals surface area contributed by atoms with E-state index in [0.717, 1.165) is 0 Å². The van der Waals surface area contributed by atoms with Gasteiger partial charge in [0.1, 0.15) is 12.4 Å². The van der Waals surface area contributed by atoms with Crippen LogP contribution in [0.4, 0.5) is 0 Å². The lowest BCUT2D eigenvalue weighted by molar-refractivity contribution is 0.0936. The van der Waals surface area contributed by atoms with E-state index >= 15 is 0 Å². The molecule has 0 atom stereocenters. The van der Waals surface area contributed by atoms with Crippen LogP contribution in [0.2, 0.25) is 0 Å². The summed E-state index contributed by atoms with van der Waals surface area (Å²) in [4.78, 5) is 11.7. The molecule has 0 aliphatic carbocycles. The summed E-state index contributed by atoms with van der Waals surface area (Å²) in [6.07, 6.45) is 1.66. The summed E-state index contributed by atoms with van der Waals surface area (Å²) in [7, 11) is 1.59. The van der Waals surface area contributed by atoms with Crippen LogP contribution < -0.4 is 10.1 Å². The molecular weight excluding hydrogens is 218 g/mol. The molecule has 0 spiro atoms. The maximum Gasteiger partial charge on any atom is 0.251 e. The van der Waals surface area contributed by atoms with Crippen molar-refractivity contribution < 1.29 is 14.3 Å². The van der Waals surface area contributed by atoms with E-state index in [0.29, 0.717) is 31.1 Å². The van der Waals surface area contributed by atoms with E-state index in [1.165, 1.54) is 0 Å². The second-order valence-corrected chi connectivity index (χ2v) is 3.38. The zero-order valence-corrected chi connectivity index (χ0v) is 9.94. The largest absolute Gasteiger partial charge is 0.490 e. The first kappa shape index (κ1) is 13.3. The minimum absolute atomic E-state index is 0.133. The molecule has 0 unspecified atom stereocenters. The van der Waals surface area contributed by atoms with Gasteiger partial charge in [-0.3, -0.25) is 4.79 Å². The number of benzene rings is 1. The highest BCUT2D eigenvalue weighted by molar-refractivity contribution is 5.94. The lowest BCUT2D eigenvalue weighted by atomic mass is 10.2. The molecule has 4 nitrogen and oxygen atoms in total. The van der Waals surface area contributed by atoms with Crippen molar-refractivity contribution in [3.05, 3.63) is 42.5 Å². The minimum Gasteiger partial charge on any atom is -0.490 e. The highest BCUT2D eigenvalue weighted by Gasteiger charge is 2.05. The number of hydrogen-bond acceptors (Lipinski definition) is 3. The van der Waals surface area contributed by atoms with Crippen molar-refractivity contribution in [3.63, 3.8) is 0 Å². The number of nitrogens with one attached hydrogen (secondary N) is 1. The number of hydrogen-bond donors (Lipinski definition) is 1. The zero-order valence-electron chi connectivity index (χ0n) is 9.94. The van der Waals surface area contributed by atoms with Gasteiger partial charge in [-0.1, -0.05) is 18.7 Å². The van der Waals surface area contributed by atoms with Crippen LogP contribution in [-0.2, 0) is 4.74 Å². The molecule has 0 radical (unpaired) electrons. The molecule has 0 bridgehead atoms. The third kappa shape index (κ3) is 4.70. The number of ether oxygens (including phenoxy) is 2. The van der Waals surface area contributed by atoms with Crippen molar-refractivity contribution in [2.75, 3.05) is 26.9 Å². The Bertz CT molecular complexity index is 377. The van der Waals surface area contributed by atoms with Gasteiger partial charge in [-0.15, -0.1) is 0 Å². The van der Waals surface area contributed by atoms with Crippen molar-refractivity contribution >= 4 is 5.91 Å². The molecule has 0 heterocycles. The summed E-state index contributed by atoms with van der Waals surface area (Å²) < 4.78 is 10.2. The summed E-state index contributed by atoms with van der Waals surface area (Å²) in [5, 5.41) is 2.74. The lowest BCUT2D eigenvalue weighted by Crippen LogP contribution is -2.26. The van der Waals surface area contributed by atoms with Crippen molar-refractivity contribution in [1.29, 1.82) is 0 Å². The summed E-state index contributed by atoms with van der Waals surface area (Å²) in [6.45, 7) is 4.98. The van der Waals surface area contributed by atoms with Crippen LogP contribution >= 0.6 is 0 Å². The SMILES string of the molecule is C=CCOc1cccc(C(=O)NCCOC)c1. The molecule has 1 amide bonds. The third-order valence-electron chi connectivity index (χ3n) is 2.06. The number of carbonyl (C=O) groups is 1. The number of carbonyl (C=O) groups excluding carboxylic acids is 1. The number of rotatable bonds is 7. The van der Waals surface area contributed by atoms with Gasteiger partial charge in [0.2, 0.25) is 0 Å². The Morgan fingerprint density at radius 1 is 1.53 bits per heavy atom. The van der Waals surface area contributed by atoms with E-state index in [2.05, 4.69) is 11.9 Å². The van der Waals surface area contributed by atoms with Crippen LogP contribution in [0.1, 0.15) is 10.4 Å². The molecule has 0 aliphatic rings. The fourth-order valence-corrected chi connectivity index (χ4v) is 1.25. The second-order valence-electron chi connectivity index (χ2n) is 3.38. The monoisotopic (exact) mass is 235 g/mol. The molecule has 17 heavy (non-hydrogen) atoms. The fraction of sp³-hybridized carbons (Fsp3) is 0.308. The molecule has 4 heteroatoms. The highest BCUT2D eigenvalue weighted by Crippen LogP contribution is 2.13. The summed E-state index contributed by atoms with van der Waals surface area (Å²) in [5.74, 6) is 0.524. The Labute approximate surface area is 101 Å². The molecule has 1 rings (SSSR count). The maximum atomic E-state index is 11.7. The van der Waals surface area contributed by atoms with Gasteiger partial charge in [0.05, 0.1) is 6.61 Å². The molecule has 0 saturated carbocycles. The number of methoxy groups -OCH3 is 1. The molecule has 0 aromatic heterocycles. The standard InChI is InChI=1S/C13H17NO3/c1-3-8-17-12-6-4-5-11(10-12)13(15)14-7-9-16-2/h3-6,10H,1,7-9H2,2H3,(H,14,15). The van der Waals surface area contributed by atoms with E-state index in [-0.39, 0.29) is 5.91 Å². The van der Waals surface area contributed by atoms with Crippen LogP contribution in [0.5, 0.6) is 5.75 Å². The second kappa shape index (κ2) is 7.46. The third-order valence-corrected chi connectivity index (χ3v) is 2.06. The predicted molar refractivity (Wildman–Crippen MR) is 66.3 cm³/mol. The Kier molecular flexibility index (Phi) is 5.82. The van der Waals surface area contributed by atoms with Crippen molar-refractivity contribution in [1.82, 2.24) is 5.32 Å². The Morgan fingerprint density at radius 2 is 2.35 bits per heavy atom. The molecular formula is C13H17NO3. The van der Waals surface area contributed by atoms with Gasteiger partial charge in [-0.25, -0.2) is 0 Å². The Hall–Kier alpha value is -1.81. The van der Waals surface area contributed by atoms with Crippen LogP contribution in [0.3, 0.4) is 0 Å². The first-order valence-corrected chi connectivity index (χ1v) is 5.39. The molecule has 1 aromatic carbocycles. The van der Waals surface area contributed by atoms with Gasteiger partial charge in [-0.2, -0.15) is 0 Å². The van der Waals surface area contributed by atoms with E-state index in [1.54, 1.807) is 37.5 Å². The molecule has 0 aliphatic heterocycles. The van der Waals surface area contributed by atoms with E-state index in [1.807, 2.05) is 0 Å². The van der Waals surface area contributed by atoms with Crippen molar-refractivity contribution in [2.45, 2.75) is 0 Å². The van der Waals surface area contributed by atoms with E-state index in [9.17, 15) is 4.79 Å². The summed E-state index contributed by atoms with van der Waals surface area (Å²) in [6, 6.07) is 7.02. The van der Waals surface area contributed by atoms with Gasteiger partial charge < -0.3 is 14.8 Å². The molecule has 1 aromatic rings. The topological polar surface area (TPSA) is 47.6 Å². The zero-order chi connectivity index (χ0) is 12.5. The van der Waals surface area contributed by atoms with E-state index in [4.69, 9.17) is 9.47 Å². The fourth-order valence-electron chi connectivity index (χ4n) is 1.25. The smallest absolute Gasteiger partial charge is 0.251 e. The Morgan fingerprint density at radius 3 is 3.06 bits per heavy atom. The first-order valence-electron chi connectivity index (χ1n) is 5.39. The normalized spacial score (nSPS) is 9.71. The average Bonchev–Trinajstić information content (AvgIpc) is 2.37. The van der Waals surface area contributed by atoms with Crippen LogP contribution in [0, 0.1) is 0 Å². The van der Waals surface area contributed by atoms with Gasteiger partial charge in [0.15, 0.2) is 0 Å². The first-order chi connectivity index (χ1) is 8.27. The van der Waals surface area contributed by atoms with Crippen LogP contribution in [0.25, 0.3) is 0 Å². The lowest BCUT2D eigenvalue weighted by Gasteiger charge is -2.07. The summed E-state index contributed by atoms with van der Waals surface area (Å²) in [5.41, 5.74) is 0.572. The van der Waals surface area contributed by atoms with Crippen molar-refractivity contribution in [3.8, 4) is 5.75 Å². The minimum atomic E-state index is -0.133. The maximum absolute atomic E-state index is 11.7. The van der Waals surface area contributed by atoms with Gasteiger partial charge >= 0.3 is 0 Å². The predicted octanol–water partition coefficient (Wildman–Crippen LogP) is 1.63. The summed E-state index contributed by atoms with van der Waals surface area (Å²) >= 11 is 0. The van der Waals surface area contributed by atoms with E-state index < -0.39 is 0 Å². The quantitative estimate of drug-likeness (QED) is 0.577. The van der Waals surface area contributed by atoms with Gasteiger partial charge in [0.25, 0.3) is 5.91 Å². The highest BCUT2D eigenvalue weighted by atomic mass is 16.5. The molecule has 92 valence electrons. The van der Waals surface area contributed by atoms with Crippen LogP contribution in [0.15, 0.2) is 36.9 Å². The Balaban J connectivity index is 2.57. The number of amides is 1. The van der Waals surface area contributed by atoms with Gasteiger partial charge in [-0.05, 0) is 18.2 Å². The average molecular weight is 235 g/mol. The molecule has 1 N–H and O–H groups in total. The van der Waals surface area contributed by atoms with Crippen molar-refractivity contribution in [2.24, 2.45) is 0 Å². The molecule has 0 fully saturated rings. The van der Waals surface area contributed by atoms with Crippen LogP contribution in [-0.4, -0.2) is 32.8 Å². The van der Waals surface area contributed by atoms with Gasteiger partial charge in [0, 0.05) is 19.2 Å². The molecule has 0 saturated heterocycles.